The molecule has 0 radical (unpaired) electrons. The molecule has 0 heterocycles. The lowest BCUT2D eigenvalue weighted by Gasteiger charge is -2.08. The average molecular weight is 255 g/mol. The van der Waals surface area contributed by atoms with Crippen LogP contribution in [0.5, 0.6) is 0 Å². The van der Waals surface area contributed by atoms with E-state index in [1.165, 1.54) is 12.7 Å². The molecule has 0 saturated heterocycles. The highest BCUT2D eigenvalue weighted by atomic mass is 79.9. The molecular formula is C11H11BrO2. The molecule has 1 aliphatic carbocycles. The molecule has 0 saturated carbocycles. The number of benzene rings is 1. The molecule has 0 bridgehead atoms. The van der Waals surface area contributed by atoms with Crippen molar-refractivity contribution in [2.24, 2.45) is 0 Å². The maximum atomic E-state index is 11.4. The molecule has 0 spiro atoms. The van der Waals surface area contributed by atoms with E-state index in [1.54, 1.807) is 0 Å². The van der Waals surface area contributed by atoms with Crippen LogP contribution < -0.4 is 0 Å². The van der Waals surface area contributed by atoms with Crippen LogP contribution in [-0.2, 0) is 16.0 Å². The lowest BCUT2D eigenvalue weighted by atomic mass is 10.0. The van der Waals surface area contributed by atoms with Gasteiger partial charge >= 0.3 is 5.97 Å². The second-order valence-corrected chi connectivity index (χ2v) is 4.37. The number of carbonyl (C=O) groups is 1. The van der Waals surface area contributed by atoms with E-state index in [0.717, 1.165) is 22.9 Å². The SMILES string of the molecule is COC(=O)[C@H]1CCc2cc(Br)ccc21. The molecular weight excluding hydrogens is 244 g/mol. The molecule has 2 rings (SSSR count). The van der Waals surface area contributed by atoms with Gasteiger partial charge in [0.1, 0.15) is 0 Å². The van der Waals surface area contributed by atoms with Gasteiger partial charge in [0.05, 0.1) is 13.0 Å². The van der Waals surface area contributed by atoms with Gasteiger partial charge in [-0.15, -0.1) is 0 Å². The van der Waals surface area contributed by atoms with E-state index >= 15 is 0 Å². The van der Waals surface area contributed by atoms with Gasteiger partial charge in [-0.05, 0) is 36.1 Å². The van der Waals surface area contributed by atoms with Crippen molar-refractivity contribution in [3.05, 3.63) is 33.8 Å². The van der Waals surface area contributed by atoms with Crippen LogP contribution >= 0.6 is 15.9 Å². The summed E-state index contributed by atoms with van der Waals surface area (Å²) in [5.41, 5.74) is 2.38. The Hall–Kier alpha value is -0.830. The molecule has 3 heteroatoms. The second-order valence-electron chi connectivity index (χ2n) is 3.46. The number of aryl methyl sites for hydroxylation is 1. The maximum Gasteiger partial charge on any atom is 0.313 e. The van der Waals surface area contributed by atoms with Gasteiger partial charge in [-0.2, -0.15) is 0 Å². The van der Waals surface area contributed by atoms with E-state index in [2.05, 4.69) is 22.0 Å². The predicted molar refractivity (Wildman–Crippen MR) is 57.2 cm³/mol. The number of ether oxygens (including phenoxy) is 1. The summed E-state index contributed by atoms with van der Waals surface area (Å²) in [6, 6.07) is 6.06. The Morgan fingerprint density at radius 3 is 3.07 bits per heavy atom. The van der Waals surface area contributed by atoms with Gasteiger partial charge in [0.15, 0.2) is 0 Å². The van der Waals surface area contributed by atoms with Gasteiger partial charge in [0, 0.05) is 4.47 Å². The van der Waals surface area contributed by atoms with Gasteiger partial charge in [0.25, 0.3) is 0 Å². The standard InChI is InChI=1S/C11H11BrO2/c1-14-11(13)10-4-2-7-6-8(12)3-5-9(7)10/h3,5-6,10H,2,4H2,1H3/t10-/m0/s1. The minimum absolute atomic E-state index is 0.0527. The minimum atomic E-state index is -0.119. The van der Waals surface area contributed by atoms with Crippen molar-refractivity contribution in [2.45, 2.75) is 18.8 Å². The van der Waals surface area contributed by atoms with E-state index in [-0.39, 0.29) is 11.9 Å². The fourth-order valence-corrected chi connectivity index (χ4v) is 2.38. The summed E-state index contributed by atoms with van der Waals surface area (Å²) < 4.78 is 5.84. The number of carbonyl (C=O) groups excluding carboxylic acids is 1. The number of methoxy groups -OCH3 is 1. The zero-order valence-corrected chi connectivity index (χ0v) is 9.50. The Balaban J connectivity index is 2.35. The van der Waals surface area contributed by atoms with Crippen LogP contribution in [-0.4, -0.2) is 13.1 Å². The first kappa shape index (κ1) is 9.71. The molecule has 1 atom stereocenters. The molecule has 1 aromatic rings. The van der Waals surface area contributed by atoms with Crippen molar-refractivity contribution >= 4 is 21.9 Å². The highest BCUT2D eigenvalue weighted by Gasteiger charge is 2.29. The summed E-state index contributed by atoms with van der Waals surface area (Å²) in [6.45, 7) is 0. The van der Waals surface area contributed by atoms with E-state index in [9.17, 15) is 4.79 Å². The fourth-order valence-electron chi connectivity index (χ4n) is 1.97. The van der Waals surface area contributed by atoms with E-state index in [4.69, 9.17) is 4.74 Å². The second kappa shape index (κ2) is 3.73. The average Bonchev–Trinajstić information content (AvgIpc) is 2.59. The highest BCUT2D eigenvalue weighted by molar-refractivity contribution is 9.10. The number of fused-ring (bicyclic) bond motifs is 1. The van der Waals surface area contributed by atoms with Gasteiger partial charge in [-0.3, -0.25) is 4.79 Å². The van der Waals surface area contributed by atoms with Crippen LogP contribution in [0.4, 0.5) is 0 Å². The van der Waals surface area contributed by atoms with Gasteiger partial charge in [0.2, 0.25) is 0 Å². The molecule has 0 aromatic heterocycles. The van der Waals surface area contributed by atoms with Crippen LogP contribution in [0.15, 0.2) is 22.7 Å². The minimum Gasteiger partial charge on any atom is -0.469 e. The Morgan fingerprint density at radius 2 is 2.36 bits per heavy atom. The topological polar surface area (TPSA) is 26.3 Å². The molecule has 0 N–H and O–H groups in total. The van der Waals surface area contributed by atoms with Gasteiger partial charge in [-0.1, -0.05) is 22.0 Å². The van der Waals surface area contributed by atoms with Gasteiger partial charge < -0.3 is 4.74 Å². The van der Waals surface area contributed by atoms with E-state index in [1.807, 2.05) is 12.1 Å². The number of hydrogen-bond donors (Lipinski definition) is 0. The molecule has 1 aromatic carbocycles. The third-order valence-electron chi connectivity index (χ3n) is 2.67. The van der Waals surface area contributed by atoms with Crippen molar-refractivity contribution in [1.29, 1.82) is 0 Å². The molecule has 14 heavy (non-hydrogen) atoms. The zero-order chi connectivity index (χ0) is 10.1. The first-order valence-corrected chi connectivity index (χ1v) is 5.38. The van der Waals surface area contributed by atoms with E-state index < -0.39 is 0 Å². The highest BCUT2D eigenvalue weighted by Crippen LogP contribution is 2.35. The maximum absolute atomic E-state index is 11.4. The van der Waals surface area contributed by atoms with Crippen LogP contribution in [0.25, 0.3) is 0 Å². The number of halogens is 1. The smallest absolute Gasteiger partial charge is 0.313 e. The lowest BCUT2D eigenvalue weighted by molar-refractivity contribution is -0.142. The third-order valence-corrected chi connectivity index (χ3v) is 3.16. The predicted octanol–water partition coefficient (Wildman–Crippen LogP) is 2.65. The molecule has 0 amide bonds. The van der Waals surface area contributed by atoms with Crippen LogP contribution in [0.3, 0.4) is 0 Å². The first-order valence-electron chi connectivity index (χ1n) is 4.58. The molecule has 1 aliphatic rings. The molecule has 0 unspecified atom stereocenters. The van der Waals surface area contributed by atoms with Crippen LogP contribution in [0.2, 0.25) is 0 Å². The summed E-state index contributed by atoms with van der Waals surface area (Å²) in [7, 11) is 1.44. The van der Waals surface area contributed by atoms with E-state index in [0.29, 0.717) is 0 Å². The third kappa shape index (κ3) is 1.57. The Labute approximate surface area is 91.4 Å². The summed E-state index contributed by atoms with van der Waals surface area (Å²) in [6.07, 6.45) is 1.84. The zero-order valence-electron chi connectivity index (χ0n) is 7.92. The normalized spacial score (nSPS) is 19.1. The Morgan fingerprint density at radius 1 is 1.57 bits per heavy atom. The first-order chi connectivity index (χ1) is 6.72. The quantitative estimate of drug-likeness (QED) is 0.721. The number of esters is 1. The fraction of sp³-hybridized carbons (Fsp3) is 0.364. The summed E-state index contributed by atoms with van der Waals surface area (Å²) in [4.78, 5) is 11.4. The lowest BCUT2D eigenvalue weighted by Crippen LogP contribution is -2.11. The van der Waals surface area contributed by atoms with Crippen LogP contribution in [0, 0.1) is 0 Å². The molecule has 74 valence electrons. The number of hydrogen-bond acceptors (Lipinski definition) is 2. The summed E-state index contributed by atoms with van der Waals surface area (Å²) >= 11 is 3.42. The van der Waals surface area contributed by atoms with Crippen LogP contribution in [0.1, 0.15) is 23.5 Å². The van der Waals surface area contributed by atoms with Crippen molar-refractivity contribution < 1.29 is 9.53 Å². The Kier molecular flexibility index (Phi) is 2.59. The summed E-state index contributed by atoms with van der Waals surface area (Å²) in [5, 5.41) is 0. The largest absolute Gasteiger partial charge is 0.469 e. The molecule has 0 aliphatic heterocycles. The van der Waals surface area contributed by atoms with Crippen molar-refractivity contribution in [2.75, 3.05) is 7.11 Å². The summed E-state index contributed by atoms with van der Waals surface area (Å²) in [5.74, 6) is -0.172. The van der Waals surface area contributed by atoms with Crippen molar-refractivity contribution in [1.82, 2.24) is 0 Å². The van der Waals surface area contributed by atoms with Gasteiger partial charge in [-0.25, -0.2) is 0 Å². The monoisotopic (exact) mass is 254 g/mol. The van der Waals surface area contributed by atoms with Crippen molar-refractivity contribution in [3.8, 4) is 0 Å². The van der Waals surface area contributed by atoms with Crippen molar-refractivity contribution in [3.63, 3.8) is 0 Å². The Bertz CT molecular complexity index is 374. The molecule has 2 nitrogen and oxygen atoms in total. The molecule has 0 fully saturated rings. The number of rotatable bonds is 1.